The normalized spacial score (nSPS) is 14.8. The van der Waals surface area contributed by atoms with Crippen LogP contribution in [0, 0.1) is 12.8 Å². The molecule has 0 atom stereocenters. The van der Waals surface area contributed by atoms with Crippen LogP contribution >= 0.6 is 0 Å². The first kappa shape index (κ1) is 14.9. The fourth-order valence-corrected chi connectivity index (χ4v) is 3.32. The van der Waals surface area contributed by atoms with E-state index in [9.17, 15) is 4.79 Å². The van der Waals surface area contributed by atoms with Gasteiger partial charge in [0.2, 0.25) is 0 Å². The van der Waals surface area contributed by atoms with E-state index in [0.717, 1.165) is 41.7 Å². The maximum atomic E-state index is 12.6. The highest BCUT2D eigenvalue weighted by atomic mass is 16.2. The number of nitrogens with zero attached hydrogens (tertiary/aromatic N) is 4. The molecule has 2 aromatic heterocycles. The predicted molar refractivity (Wildman–Crippen MR) is 92.8 cm³/mol. The highest BCUT2D eigenvalue weighted by Gasteiger charge is 2.31. The van der Waals surface area contributed by atoms with E-state index in [1.807, 2.05) is 66.3 Å². The number of rotatable bonds is 3. The molecule has 0 saturated carbocycles. The van der Waals surface area contributed by atoms with Crippen molar-refractivity contribution in [3.8, 4) is 0 Å². The van der Waals surface area contributed by atoms with E-state index >= 15 is 0 Å². The molecule has 1 amide bonds. The molecular weight excluding hydrogens is 300 g/mol. The molecule has 1 aliphatic rings. The molecule has 0 radical (unpaired) electrons. The van der Waals surface area contributed by atoms with Gasteiger partial charge in [-0.05, 0) is 49.1 Å². The molecule has 3 heterocycles. The first-order chi connectivity index (χ1) is 11.6. The van der Waals surface area contributed by atoms with Crippen molar-refractivity contribution in [2.75, 3.05) is 13.1 Å². The van der Waals surface area contributed by atoms with Crippen molar-refractivity contribution in [2.24, 2.45) is 13.0 Å². The van der Waals surface area contributed by atoms with E-state index in [4.69, 9.17) is 0 Å². The van der Waals surface area contributed by atoms with Gasteiger partial charge in [0.1, 0.15) is 0 Å². The summed E-state index contributed by atoms with van der Waals surface area (Å²) < 4.78 is 1.82. The van der Waals surface area contributed by atoms with Crippen LogP contribution in [0.1, 0.15) is 21.6 Å². The molecule has 5 nitrogen and oxygen atoms in total. The Kier molecular flexibility index (Phi) is 3.56. The van der Waals surface area contributed by atoms with Gasteiger partial charge >= 0.3 is 0 Å². The van der Waals surface area contributed by atoms with Gasteiger partial charge < -0.3 is 4.90 Å². The topological polar surface area (TPSA) is 51.0 Å². The van der Waals surface area contributed by atoms with Gasteiger partial charge in [-0.3, -0.25) is 14.5 Å². The van der Waals surface area contributed by atoms with E-state index in [1.165, 1.54) is 5.56 Å². The fourth-order valence-electron chi connectivity index (χ4n) is 3.32. The van der Waals surface area contributed by atoms with Crippen LogP contribution in [0.3, 0.4) is 0 Å². The van der Waals surface area contributed by atoms with E-state index in [0.29, 0.717) is 5.92 Å². The Morgan fingerprint density at radius 2 is 2.08 bits per heavy atom. The SMILES string of the molecule is Cc1ccc2cc(C(=O)N3CC(Cc4cnn(C)c4)C3)ccc2n1. The molecule has 1 aliphatic heterocycles. The smallest absolute Gasteiger partial charge is 0.253 e. The van der Waals surface area contributed by atoms with Gasteiger partial charge in [-0.1, -0.05) is 6.07 Å². The Bertz CT molecular complexity index is 909. The Hall–Kier alpha value is -2.69. The molecule has 1 fully saturated rings. The number of benzene rings is 1. The van der Waals surface area contributed by atoms with Gasteiger partial charge in [0.05, 0.1) is 11.7 Å². The highest BCUT2D eigenvalue weighted by Crippen LogP contribution is 2.23. The first-order valence-corrected chi connectivity index (χ1v) is 8.23. The summed E-state index contributed by atoms with van der Waals surface area (Å²) in [7, 11) is 1.93. The molecule has 122 valence electrons. The summed E-state index contributed by atoms with van der Waals surface area (Å²) in [5, 5.41) is 5.21. The summed E-state index contributed by atoms with van der Waals surface area (Å²) in [5.74, 6) is 0.642. The molecule has 1 saturated heterocycles. The Morgan fingerprint density at radius 3 is 2.83 bits per heavy atom. The largest absolute Gasteiger partial charge is 0.338 e. The van der Waals surface area contributed by atoms with Crippen LogP contribution < -0.4 is 0 Å². The number of aryl methyl sites for hydroxylation is 2. The third-order valence-corrected chi connectivity index (χ3v) is 4.60. The number of likely N-dealkylation sites (tertiary alicyclic amines) is 1. The number of amides is 1. The summed E-state index contributed by atoms with van der Waals surface area (Å²) in [6.45, 7) is 3.61. The van der Waals surface area contributed by atoms with E-state index in [-0.39, 0.29) is 5.91 Å². The fraction of sp³-hybridized carbons (Fsp3) is 0.316. The number of carbonyl (C=O) groups excluding carboxylic acids is 1. The van der Waals surface area contributed by atoms with Crippen molar-refractivity contribution in [3.63, 3.8) is 0 Å². The van der Waals surface area contributed by atoms with Gasteiger partial charge in [-0.2, -0.15) is 5.10 Å². The molecular formula is C19H20N4O. The molecule has 0 N–H and O–H groups in total. The van der Waals surface area contributed by atoms with Crippen LogP contribution in [0.2, 0.25) is 0 Å². The number of hydrogen-bond donors (Lipinski definition) is 0. The molecule has 4 rings (SSSR count). The van der Waals surface area contributed by atoms with Crippen molar-refractivity contribution >= 4 is 16.8 Å². The second-order valence-corrected chi connectivity index (χ2v) is 6.66. The van der Waals surface area contributed by atoms with Gasteiger partial charge in [0.25, 0.3) is 5.91 Å². The van der Waals surface area contributed by atoms with Gasteiger partial charge in [0, 0.05) is 43.0 Å². The molecule has 3 aromatic rings. The maximum Gasteiger partial charge on any atom is 0.253 e. The van der Waals surface area contributed by atoms with E-state index < -0.39 is 0 Å². The standard InChI is InChI=1S/C19H20N4O/c1-13-3-4-16-8-17(5-6-18(16)21-13)19(24)23-11-15(12-23)7-14-9-20-22(2)10-14/h3-6,8-10,15H,7,11-12H2,1-2H3. The van der Waals surface area contributed by atoms with Crippen LogP contribution in [0.25, 0.3) is 10.9 Å². The van der Waals surface area contributed by atoms with Crippen molar-refractivity contribution < 1.29 is 4.79 Å². The van der Waals surface area contributed by atoms with Crippen molar-refractivity contribution in [3.05, 3.63) is 59.5 Å². The monoisotopic (exact) mass is 320 g/mol. The Morgan fingerprint density at radius 1 is 1.25 bits per heavy atom. The lowest BCUT2D eigenvalue weighted by Gasteiger charge is -2.39. The molecule has 0 unspecified atom stereocenters. The minimum Gasteiger partial charge on any atom is -0.338 e. The summed E-state index contributed by atoms with van der Waals surface area (Å²) in [6, 6.07) is 9.76. The summed E-state index contributed by atoms with van der Waals surface area (Å²) >= 11 is 0. The molecule has 0 aliphatic carbocycles. The lowest BCUT2D eigenvalue weighted by atomic mass is 9.92. The highest BCUT2D eigenvalue weighted by molar-refractivity contribution is 5.98. The first-order valence-electron chi connectivity index (χ1n) is 8.23. The minimum atomic E-state index is 0.111. The van der Waals surface area contributed by atoms with Crippen LogP contribution in [0.4, 0.5) is 0 Å². The summed E-state index contributed by atoms with van der Waals surface area (Å²) in [5.41, 5.74) is 3.90. The third kappa shape index (κ3) is 2.77. The molecule has 0 spiro atoms. The quantitative estimate of drug-likeness (QED) is 0.745. The zero-order valence-corrected chi connectivity index (χ0v) is 13.9. The lowest BCUT2D eigenvalue weighted by molar-refractivity contribution is 0.0501. The molecule has 1 aromatic carbocycles. The number of pyridine rings is 1. The van der Waals surface area contributed by atoms with Gasteiger partial charge in [0.15, 0.2) is 0 Å². The average molecular weight is 320 g/mol. The molecule has 0 bridgehead atoms. The minimum absolute atomic E-state index is 0.111. The van der Waals surface area contributed by atoms with Crippen LogP contribution in [0.15, 0.2) is 42.7 Å². The zero-order chi connectivity index (χ0) is 16.7. The van der Waals surface area contributed by atoms with Crippen molar-refractivity contribution in [2.45, 2.75) is 13.3 Å². The number of fused-ring (bicyclic) bond motifs is 1. The number of hydrogen-bond acceptors (Lipinski definition) is 3. The zero-order valence-electron chi connectivity index (χ0n) is 13.9. The summed E-state index contributed by atoms with van der Waals surface area (Å²) in [6.07, 6.45) is 4.93. The number of aromatic nitrogens is 3. The third-order valence-electron chi connectivity index (χ3n) is 4.60. The van der Waals surface area contributed by atoms with Crippen molar-refractivity contribution in [1.82, 2.24) is 19.7 Å². The average Bonchev–Trinajstić information content (AvgIpc) is 2.94. The molecule has 24 heavy (non-hydrogen) atoms. The Balaban J connectivity index is 1.42. The lowest BCUT2D eigenvalue weighted by Crippen LogP contribution is -2.50. The van der Waals surface area contributed by atoms with Gasteiger partial charge in [-0.15, -0.1) is 0 Å². The Labute approximate surface area is 140 Å². The predicted octanol–water partition coefficient (Wildman–Crippen LogP) is 2.59. The van der Waals surface area contributed by atoms with Crippen LogP contribution in [-0.2, 0) is 13.5 Å². The summed E-state index contributed by atoms with van der Waals surface area (Å²) in [4.78, 5) is 19.0. The van der Waals surface area contributed by atoms with Crippen LogP contribution in [-0.4, -0.2) is 38.7 Å². The second kappa shape index (κ2) is 5.74. The number of carbonyl (C=O) groups is 1. The second-order valence-electron chi connectivity index (χ2n) is 6.66. The molecule has 5 heteroatoms. The van der Waals surface area contributed by atoms with E-state index in [1.54, 1.807) is 0 Å². The van der Waals surface area contributed by atoms with Crippen LogP contribution in [0.5, 0.6) is 0 Å². The van der Waals surface area contributed by atoms with E-state index in [2.05, 4.69) is 10.1 Å². The van der Waals surface area contributed by atoms with Gasteiger partial charge in [-0.25, -0.2) is 0 Å². The van der Waals surface area contributed by atoms with Crippen molar-refractivity contribution in [1.29, 1.82) is 0 Å². The maximum absolute atomic E-state index is 12.6.